The van der Waals surface area contributed by atoms with Crippen LogP contribution in [0.4, 0.5) is 4.39 Å². The van der Waals surface area contributed by atoms with Crippen molar-refractivity contribution in [3.8, 4) is 0 Å². The summed E-state index contributed by atoms with van der Waals surface area (Å²) in [6.07, 6.45) is 4.71. The van der Waals surface area contributed by atoms with Gasteiger partial charge in [0.25, 0.3) is 5.91 Å². The topological polar surface area (TPSA) is 44.9 Å². The second kappa shape index (κ2) is 9.00. The molecule has 0 saturated carbocycles. The molecule has 31 heavy (non-hydrogen) atoms. The lowest BCUT2D eigenvalue weighted by molar-refractivity contribution is 0.0954. The van der Waals surface area contributed by atoms with Gasteiger partial charge in [0.1, 0.15) is 5.82 Å². The second-order valence-corrected chi connectivity index (χ2v) is 7.71. The number of carbonyl (C=O) groups excluding carboxylic acids is 1. The quantitative estimate of drug-likeness (QED) is 0.371. The van der Waals surface area contributed by atoms with Crippen LogP contribution < -0.4 is 5.32 Å². The summed E-state index contributed by atoms with van der Waals surface area (Å²) in [6.45, 7) is 4.40. The maximum absolute atomic E-state index is 14.1. The molecule has 1 heterocycles. The number of amides is 1. The molecular formula is C27H25FN2O. The van der Waals surface area contributed by atoms with Gasteiger partial charge in [0, 0.05) is 23.2 Å². The summed E-state index contributed by atoms with van der Waals surface area (Å²) in [5.41, 5.74) is 6.34. The van der Waals surface area contributed by atoms with E-state index in [-0.39, 0.29) is 11.7 Å². The number of aromatic nitrogens is 1. The van der Waals surface area contributed by atoms with Crippen LogP contribution in [0.25, 0.3) is 23.1 Å². The molecule has 4 rings (SSSR count). The van der Waals surface area contributed by atoms with Crippen molar-refractivity contribution in [2.75, 3.05) is 6.54 Å². The summed E-state index contributed by atoms with van der Waals surface area (Å²) in [5, 5.41) is 3.89. The molecule has 0 saturated heterocycles. The maximum atomic E-state index is 14.1. The molecule has 0 unspecified atom stereocenters. The first kappa shape index (κ1) is 20.6. The Morgan fingerprint density at radius 1 is 0.935 bits per heavy atom. The zero-order chi connectivity index (χ0) is 21.8. The second-order valence-electron chi connectivity index (χ2n) is 7.71. The van der Waals surface area contributed by atoms with E-state index < -0.39 is 0 Å². The Labute approximate surface area is 181 Å². The SMILES string of the molecule is Cc1[nH]c2c(F)ccc(C)c2c1CCNC(=O)c1ccc(/C=C/c2ccccc2)cc1. The fourth-order valence-electron chi connectivity index (χ4n) is 3.86. The van der Waals surface area contributed by atoms with E-state index in [9.17, 15) is 9.18 Å². The van der Waals surface area contributed by atoms with Crippen molar-refractivity contribution in [1.82, 2.24) is 10.3 Å². The lowest BCUT2D eigenvalue weighted by atomic mass is 10.0. The van der Waals surface area contributed by atoms with Gasteiger partial charge in [-0.1, -0.05) is 60.7 Å². The number of benzene rings is 3. The van der Waals surface area contributed by atoms with Crippen LogP contribution in [-0.2, 0) is 6.42 Å². The third-order valence-electron chi connectivity index (χ3n) is 5.53. The van der Waals surface area contributed by atoms with E-state index in [2.05, 4.69) is 10.3 Å². The molecule has 4 heteroatoms. The Hall–Kier alpha value is -3.66. The first-order valence-electron chi connectivity index (χ1n) is 10.4. The van der Waals surface area contributed by atoms with Gasteiger partial charge < -0.3 is 10.3 Å². The van der Waals surface area contributed by atoms with E-state index in [1.165, 1.54) is 6.07 Å². The molecule has 3 nitrogen and oxygen atoms in total. The normalized spacial score (nSPS) is 11.3. The smallest absolute Gasteiger partial charge is 0.251 e. The summed E-state index contributed by atoms with van der Waals surface area (Å²) in [6, 6.07) is 20.9. The Kier molecular flexibility index (Phi) is 5.99. The number of hydrogen-bond acceptors (Lipinski definition) is 1. The largest absolute Gasteiger partial charge is 0.356 e. The number of fused-ring (bicyclic) bond motifs is 1. The summed E-state index contributed by atoms with van der Waals surface area (Å²) in [4.78, 5) is 15.7. The molecule has 0 aliphatic heterocycles. The predicted octanol–water partition coefficient (Wildman–Crippen LogP) is 6.07. The number of aromatic amines is 1. The van der Waals surface area contributed by atoms with Crippen LogP contribution in [0, 0.1) is 19.7 Å². The van der Waals surface area contributed by atoms with Gasteiger partial charge in [-0.25, -0.2) is 4.39 Å². The molecule has 1 amide bonds. The van der Waals surface area contributed by atoms with Crippen molar-refractivity contribution in [3.05, 3.63) is 106 Å². The Balaban J connectivity index is 1.38. The van der Waals surface area contributed by atoms with Crippen LogP contribution in [-0.4, -0.2) is 17.4 Å². The van der Waals surface area contributed by atoms with Crippen LogP contribution in [0.2, 0.25) is 0 Å². The number of carbonyl (C=O) groups is 1. The van der Waals surface area contributed by atoms with Gasteiger partial charge in [-0.3, -0.25) is 4.79 Å². The minimum atomic E-state index is -0.250. The van der Waals surface area contributed by atoms with Crippen molar-refractivity contribution < 1.29 is 9.18 Å². The average Bonchev–Trinajstić information content (AvgIpc) is 3.13. The number of hydrogen-bond donors (Lipinski definition) is 2. The summed E-state index contributed by atoms with van der Waals surface area (Å²) in [5.74, 6) is -0.362. The Morgan fingerprint density at radius 2 is 1.61 bits per heavy atom. The summed E-state index contributed by atoms with van der Waals surface area (Å²) < 4.78 is 14.1. The highest BCUT2D eigenvalue weighted by Gasteiger charge is 2.14. The highest BCUT2D eigenvalue weighted by molar-refractivity contribution is 5.94. The van der Waals surface area contributed by atoms with Crippen molar-refractivity contribution in [1.29, 1.82) is 0 Å². The molecule has 1 aromatic heterocycles. The number of H-pyrrole nitrogens is 1. The molecule has 0 spiro atoms. The standard InChI is InChI=1S/C27H25FN2O/c1-18-8-15-24(28)26-25(18)23(19(2)30-26)16-17-29-27(31)22-13-11-21(12-14-22)10-9-20-6-4-3-5-7-20/h3-15,30H,16-17H2,1-2H3,(H,29,31)/b10-9+. The summed E-state index contributed by atoms with van der Waals surface area (Å²) >= 11 is 0. The van der Waals surface area contributed by atoms with Gasteiger partial charge in [-0.05, 0) is 60.7 Å². The lowest BCUT2D eigenvalue weighted by Gasteiger charge is -2.07. The molecule has 0 aliphatic rings. The molecular weight excluding hydrogens is 387 g/mol. The molecule has 4 aromatic rings. The van der Waals surface area contributed by atoms with Crippen molar-refractivity contribution in [3.63, 3.8) is 0 Å². The minimum Gasteiger partial charge on any atom is -0.356 e. The van der Waals surface area contributed by atoms with Gasteiger partial charge in [0.2, 0.25) is 0 Å². The third kappa shape index (κ3) is 4.58. The highest BCUT2D eigenvalue weighted by atomic mass is 19.1. The predicted molar refractivity (Wildman–Crippen MR) is 126 cm³/mol. The van der Waals surface area contributed by atoms with Gasteiger partial charge >= 0.3 is 0 Å². The average molecular weight is 413 g/mol. The maximum Gasteiger partial charge on any atom is 0.251 e. The zero-order valence-electron chi connectivity index (χ0n) is 17.7. The van der Waals surface area contributed by atoms with E-state index in [1.807, 2.05) is 80.6 Å². The van der Waals surface area contributed by atoms with E-state index in [4.69, 9.17) is 0 Å². The molecule has 3 aromatic carbocycles. The van der Waals surface area contributed by atoms with Crippen molar-refractivity contribution >= 4 is 29.0 Å². The molecule has 0 atom stereocenters. The fraction of sp³-hybridized carbons (Fsp3) is 0.148. The van der Waals surface area contributed by atoms with Crippen LogP contribution in [0.5, 0.6) is 0 Å². The van der Waals surface area contributed by atoms with Crippen molar-refractivity contribution in [2.24, 2.45) is 0 Å². The fourth-order valence-corrected chi connectivity index (χ4v) is 3.86. The van der Waals surface area contributed by atoms with Gasteiger partial charge in [0.15, 0.2) is 0 Å². The monoisotopic (exact) mass is 412 g/mol. The summed E-state index contributed by atoms with van der Waals surface area (Å²) in [7, 11) is 0. The van der Waals surface area contributed by atoms with Gasteiger partial charge in [-0.15, -0.1) is 0 Å². The van der Waals surface area contributed by atoms with Crippen LogP contribution >= 0.6 is 0 Å². The molecule has 156 valence electrons. The zero-order valence-corrected chi connectivity index (χ0v) is 17.7. The molecule has 0 fully saturated rings. The number of nitrogens with one attached hydrogen (secondary N) is 2. The van der Waals surface area contributed by atoms with Crippen molar-refractivity contribution in [2.45, 2.75) is 20.3 Å². The first-order chi connectivity index (χ1) is 15.0. The van der Waals surface area contributed by atoms with E-state index in [0.29, 0.717) is 24.0 Å². The Morgan fingerprint density at radius 3 is 2.32 bits per heavy atom. The number of halogens is 1. The third-order valence-corrected chi connectivity index (χ3v) is 5.53. The van der Waals surface area contributed by atoms with Gasteiger partial charge in [0.05, 0.1) is 5.52 Å². The first-order valence-corrected chi connectivity index (χ1v) is 10.4. The van der Waals surface area contributed by atoms with E-state index >= 15 is 0 Å². The molecule has 2 N–H and O–H groups in total. The molecule has 0 bridgehead atoms. The molecule has 0 aliphatic carbocycles. The van der Waals surface area contributed by atoms with E-state index in [0.717, 1.165) is 33.3 Å². The van der Waals surface area contributed by atoms with E-state index in [1.54, 1.807) is 6.07 Å². The highest BCUT2D eigenvalue weighted by Crippen LogP contribution is 2.27. The van der Waals surface area contributed by atoms with Crippen LogP contribution in [0.3, 0.4) is 0 Å². The molecule has 0 radical (unpaired) electrons. The van der Waals surface area contributed by atoms with Crippen LogP contribution in [0.15, 0.2) is 66.7 Å². The number of aryl methyl sites for hydroxylation is 2. The lowest BCUT2D eigenvalue weighted by Crippen LogP contribution is -2.25. The van der Waals surface area contributed by atoms with Crippen LogP contribution in [0.1, 0.15) is 38.3 Å². The Bertz CT molecular complexity index is 1240. The number of rotatable bonds is 6. The van der Waals surface area contributed by atoms with Gasteiger partial charge in [-0.2, -0.15) is 0 Å². The minimum absolute atomic E-state index is 0.112.